The highest BCUT2D eigenvalue weighted by atomic mass is 32.1. The van der Waals surface area contributed by atoms with E-state index in [2.05, 4.69) is 52.0 Å². The Morgan fingerprint density at radius 3 is 2.87 bits per heavy atom. The number of aromatic amines is 1. The second-order valence-corrected chi connectivity index (χ2v) is 9.28. The molecule has 5 rings (SSSR count). The molecule has 3 N–H and O–H groups in total. The fourth-order valence-electron chi connectivity index (χ4n) is 5.46. The lowest BCUT2D eigenvalue weighted by atomic mass is 9.72. The van der Waals surface area contributed by atoms with Gasteiger partial charge in [-0.3, -0.25) is 10.1 Å². The molecular weight excluding hydrogens is 404 g/mol. The second-order valence-electron chi connectivity index (χ2n) is 8.87. The van der Waals surface area contributed by atoms with Gasteiger partial charge in [0.1, 0.15) is 0 Å². The van der Waals surface area contributed by atoms with E-state index in [4.69, 9.17) is 12.2 Å². The van der Waals surface area contributed by atoms with Crippen LogP contribution < -0.4 is 10.6 Å². The topological polar surface area (TPSA) is 60.2 Å². The number of carbonyl (C=O) groups is 1. The third-order valence-corrected chi connectivity index (χ3v) is 7.16. The lowest BCUT2D eigenvalue weighted by Crippen LogP contribution is -2.48. The number of carbonyl (C=O) groups excluding carboxylic acids is 1. The number of fused-ring (bicyclic) bond motifs is 2. The summed E-state index contributed by atoms with van der Waals surface area (Å²) in [6.07, 6.45) is 5.55. The second kappa shape index (κ2) is 8.44. The summed E-state index contributed by atoms with van der Waals surface area (Å²) in [5.74, 6) is 0.999. The highest BCUT2D eigenvalue weighted by Crippen LogP contribution is 2.44. The van der Waals surface area contributed by atoms with E-state index in [-0.39, 0.29) is 5.91 Å². The first-order valence-electron chi connectivity index (χ1n) is 11.0. The van der Waals surface area contributed by atoms with E-state index in [0.717, 1.165) is 25.9 Å². The molecule has 2 aromatic carbocycles. The van der Waals surface area contributed by atoms with Gasteiger partial charge in [0.15, 0.2) is 5.11 Å². The molecule has 31 heavy (non-hydrogen) atoms. The van der Waals surface area contributed by atoms with E-state index in [1.807, 2.05) is 18.2 Å². The lowest BCUT2D eigenvalue weighted by Gasteiger charge is -2.45. The van der Waals surface area contributed by atoms with E-state index in [9.17, 15) is 4.79 Å². The van der Waals surface area contributed by atoms with Gasteiger partial charge in [-0.05, 0) is 73.8 Å². The average Bonchev–Trinajstić information content (AvgIpc) is 3.19. The lowest BCUT2D eigenvalue weighted by molar-refractivity contribution is 0.0976. The number of nitrogens with one attached hydrogen (secondary N) is 3. The van der Waals surface area contributed by atoms with Crippen LogP contribution in [0.5, 0.6) is 0 Å². The molecular formula is C25H28N4OS. The molecule has 1 aliphatic carbocycles. The van der Waals surface area contributed by atoms with E-state index < -0.39 is 0 Å². The number of nitrogens with zero attached hydrogens (tertiary/aromatic N) is 1. The number of likely N-dealkylation sites (tertiary alicyclic amines) is 1. The number of hydrogen-bond donors (Lipinski definition) is 3. The normalized spacial score (nSPS) is 22.7. The zero-order valence-corrected chi connectivity index (χ0v) is 18.5. The van der Waals surface area contributed by atoms with E-state index in [1.54, 1.807) is 12.1 Å². The van der Waals surface area contributed by atoms with Gasteiger partial charge < -0.3 is 15.2 Å². The highest BCUT2D eigenvalue weighted by molar-refractivity contribution is 7.80. The summed E-state index contributed by atoms with van der Waals surface area (Å²) in [6, 6.07) is 16.4. The molecule has 3 atom stereocenters. The standard InChI is InChI=1S/C25H28N4OS/c1-29-15-16(10-11-26-25(31)28-24(30)17-6-3-2-4-7-17)12-20-19-8-5-9-21-23(19)18(14-27-21)13-22(20)29/h2-9,14,16,20,22,27H,10-13,15H2,1H3,(H2,26,28,30,31)/t16-,20-,22-/m1/s1. The number of rotatable bonds is 4. The number of benzene rings is 2. The molecule has 0 bridgehead atoms. The predicted molar refractivity (Wildman–Crippen MR) is 128 cm³/mol. The van der Waals surface area contributed by atoms with Crippen LogP contribution in [-0.4, -0.2) is 47.1 Å². The van der Waals surface area contributed by atoms with Crippen molar-refractivity contribution in [1.82, 2.24) is 20.5 Å². The summed E-state index contributed by atoms with van der Waals surface area (Å²) in [4.78, 5) is 18.2. The zero-order chi connectivity index (χ0) is 21.4. The third-order valence-electron chi connectivity index (χ3n) is 6.91. The molecule has 2 heterocycles. The van der Waals surface area contributed by atoms with Crippen LogP contribution in [0, 0.1) is 5.92 Å². The van der Waals surface area contributed by atoms with Crippen molar-refractivity contribution in [3.63, 3.8) is 0 Å². The van der Waals surface area contributed by atoms with E-state index in [1.165, 1.54) is 28.5 Å². The van der Waals surface area contributed by atoms with Crippen molar-refractivity contribution in [2.24, 2.45) is 5.92 Å². The summed E-state index contributed by atoms with van der Waals surface area (Å²) in [7, 11) is 2.26. The number of thiocarbonyl (C=S) groups is 1. The molecule has 160 valence electrons. The van der Waals surface area contributed by atoms with Crippen molar-refractivity contribution in [2.45, 2.75) is 31.2 Å². The number of hydrogen-bond acceptors (Lipinski definition) is 3. The molecule has 3 aromatic rings. The van der Waals surface area contributed by atoms with Gasteiger partial charge in [-0.2, -0.15) is 0 Å². The Labute approximate surface area is 188 Å². The van der Waals surface area contributed by atoms with Gasteiger partial charge in [0.2, 0.25) is 0 Å². The Morgan fingerprint density at radius 2 is 2.03 bits per heavy atom. The Bertz CT molecular complexity index is 1110. The van der Waals surface area contributed by atoms with Crippen molar-refractivity contribution in [3.8, 4) is 0 Å². The molecule has 1 fully saturated rings. The maximum absolute atomic E-state index is 12.2. The first-order chi connectivity index (χ1) is 15.1. The average molecular weight is 433 g/mol. The maximum Gasteiger partial charge on any atom is 0.257 e. The van der Waals surface area contributed by atoms with E-state index in [0.29, 0.717) is 28.6 Å². The van der Waals surface area contributed by atoms with Crippen molar-refractivity contribution in [3.05, 3.63) is 71.4 Å². The molecule has 1 saturated heterocycles. The summed E-state index contributed by atoms with van der Waals surface area (Å²) in [5.41, 5.74) is 4.83. The number of aromatic nitrogens is 1. The van der Waals surface area contributed by atoms with Gasteiger partial charge in [-0.1, -0.05) is 30.3 Å². The first-order valence-corrected chi connectivity index (χ1v) is 11.4. The minimum absolute atomic E-state index is 0.170. The third kappa shape index (κ3) is 3.98. The summed E-state index contributed by atoms with van der Waals surface area (Å²) in [5, 5.41) is 7.85. The zero-order valence-electron chi connectivity index (χ0n) is 17.7. The molecule has 0 saturated carbocycles. The minimum Gasteiger partial charge on any atom is -0.362 e. The molecule has 1 aromatic heterocycles. The minimum atomic E-state index is -0.170. The number of H-pyrrole nitrogens is 1. The number of amides is 1. The molecule has 0 spiro atoms. The molecule has 6 heteroatoms. The van der Waals surface area contributed by atoms with Crippen molar-refractivity contribution in [2.75, 3.05) is 20.1 Å². The van der Waals surface area contributed by atoms with Crippen LogP contribution in [0.1, 0.15) is 40.2 Å². The Morgan fingerprint density at radius 1 is 1.19 bits per heavy atom. The molecule has 1 aliphatic heterocycles. The summed E-state index contributed by atoms with van der Waals surface area (Å²) in [6.45, 7) is 1.87. The molecule has 2 aliphatic rings. The van der Waals surface area contributed by atoms with Crippen LogP contribution in [-0.2, 0) is 6.42 Å². The fourth-order valence-corrected chi connectivity index (χ4v) is 5.66. The van der Waals surface area contributed by atoms with Crippen molar-refractivity contribution in [1.29, 1.82) is 0 Å². The highest BCUT2D eigenvalue weighted by Gasteiger charge is 2.39. The Hall–Kier alpha value is -2.70. The molecule has 0 radical (unpaired) electrons. The van der Waals surface area contributed by atoms with Gasteiger partial charge in [0.05, 0.1) is 0 Å². The quantitative estimate of drug-likeness (QED) is 0.549. The smallest absolute Gasteiger partial charge is 0.257 e. The van der Waals surface area contributed by atoms with Crippen molar-refractivity contribution < 1.29 is 4.79 Å². The monoisotopic (exact) mass is 432 g/mol. The number of piperidine rings is 1. The van der Waals surface area contributed by atoms with Crippen LogP contribution in [0.15, 0.2) is 54.7 Å². The van der Waals surface area contributed by atoms with Crippen LogP contribution in [0.4, 0.5) is 0 Å². The van der Waals surface area contributed by atoms with Crippen LogP contribution in [0.2, 0.25) is 0 Å². The molecule has 1 amide bonds. The Balaban J connectivity index is 1.19. The predicted octanol–water partition coefficient (Wildman–Crippen LogP) is 3.82. The number of likely N-dealkylation sites (N-methyl/N-ethyl adjacent to an activating group) is 1. The van der Waals surface area contributed by atoms with Crippen LogP contribution in [0.3, 0.4) is 0 Å². The van der Waals surface area contributed by atoms with Crippen LogP contribution in [0.25, 0.3) is 10.9 Å². The van der Waals surface area contributed by atoms with Crippen molar-refractivity contribution >= 4 is 34.1 Å². The first kappa shape index (κ1) is 20.2. The van der Waals surface area contributed by atoms with Gasteiger partial charge in [-0.25, -0.2) is 0 Å². The van der Waals surface area contributed by atoms with Gasteiger partial charge >= 0.3 is 0 Å². The fraction of sp³-hybridized carbons (Fsp3) is 0.360. The van der Waals surface area contributed by atoms with Gasteiger partial charge in [0.25, 0.3) is 5.91 Å². The molecule has 0 unspecified atom stereocenters. The Kier molecular flexibility index (Phi) is 5.50. The van der Waals surface area contributed by atoms with E-state index >= 15 is 0 Å². The van der Waals surface area contributed by atoms with Crippen LogP contribution >= 0.6 is 12.2 Å². The molecule has 5 nitrogen and oxygen atoms in total. The summed E-state index contributed by atoms with van der Waals surface area (Å²) >= 11 is 5.33. The largest absolute Gasteiger partial charge is 0.362 e. The van der Waals surface area contributed by atoms with Gasteiger partial charge in [-0.15, -0.1) is 0 Å². The summed E-state index contributed by atoms with van der Waals surface area (Å²) < 4.78 is 0. The maximum atomic E-state index is 12.2. The van der Waals surface area contributed by atoms with Gasteiger partial charge in [0, 0.05) is 47.7 Å². The SMILES string of the molecule is CN1C[C@H](CCNC(=S)NC(=O)c2ccccc2)C[C@@H]2c3cccc4[nH]cc(c34)C[C@H]21.